The van der Waals surface area contributed by atoms with E-state index in [4.69, 9.17) is 0 Å². The van der Waals surface area contributed by atoms with E-state index in [1.807, 2.05) is 49.5 Å². The van der Waals surface area contributed by atoms with Gasteiger partial charge in [-0.2, -0.15) is 0 Å². The Kier molecular flexibility index (Phi) is 3.71. The van der Waals surface area contributed by atoms with Gasteiger partial charge in [0.25, 0.3) is 0 Å². The molecule has 3 nitrogen and oxygen atoms in total. The van der Waals surface area contributed by atoms with E-state index in [2.05, 4.69) is 21.0 Å². The van der Waals surface area contributed by atoms with Crippen molar-refractivity contribution in [3.05, 3.63) is 70.5 Å². The predicted octanol–water partition coefficient (Wildman–Crippen LogP) is 2.91. The average molecular weight is 341 g/mol. The van der Waals surface area contributed by atoms with Crippen LogP contribution in [-0.2, 0) is 0 Å². The first kappa shape index (κ1) is 13.8. The maximum absolute atomic E-state index is 12.2. The Morgan fingerprint density at radius 3 is 2.62 bits per heavy atom. The second kappa shape index (κ2) is 5.66. The van der Waals surface area contributed by atoms with Crippen LogP contribution >= 0.6 is 15.9 Å². The number of rotatable bonds is 2. The standard InChI is InChI=1S/C17H13BrN2O/c1-12-16-5-3-2-4-14(16)10-20(19-12)11-17(21)13-6-8-15(18)9-7-13/h2-11H,1H3. The summed E-state index contributed by atoms with van der Waals surface area (Å²) in [6.45, 7) is 1.94. The predicted molar refractivity (Wildman–Crippen MR) is 85.0 cm³/mol. The Labute approximate surface area is 131 Å². The quantitative estimate of drug-likeness (QED) is 0.531. The monoisotopic (exact) mass is 340 g/mol. The van der Waals surface area contributed by atoms with Gasteiger partial charge < -0.3 is 5.11 Å². The molecule has 0 saturated carbocycles. The van der Waals surface area contributed by atoms with Crippen LogP contribution in [0.15, 0.2) is 59.2 Å². The Morgan fingerprint density at radius 1 is 1.14 bits per heavy atom. The molecular weight excluding hydrogens is 328 g/mol. The zero-order valence-electron chi connectivity index (χ0n) is 11.5. The van der Waals surface area contributed by atoms with E-state index in [0.29, 0.717) is 5.56 Å². The third-order valence-electron chi connectivity index (χ3n) is 3.27. The number of nitrogens with zero attached hydrogens (tertiary/aromatic N) is 2. The third kappa shape index (κ3) is 2.95. The zero-order chi connectivity index (χ0) is 14.8. The van der Waals surface area contributed by atoms with Crippen LogP contribution in [0, 0.1) is 6.92 Å². The molecule has 0 aliphatic rings. The molecule has 0 bridgehead atoms. The first-order valence-electron chi connectivity index (χ1n) is 6.56. The second-order valence-corrected chi connectivity index (χ2v) is 5.70. The van der Waals surface area contributed by atoms with Crippen LogP contribution in [0.1, 0.15) is 11.3 Å². The number of aryl methyl sites for hydroxylation is 1. The van der Waals surface area contributed by atoms with Gasteiger partial charge >= 0.3 is 0 Å². The van der Waals surface area contributed by atoms with Crippen LogP contribution in [-0.4, -0.2) is 5.10 Å². The van der Waals surface area contributed by atoms with Gasteiger partial charge in [-0.3, -0.25) is 0 Å². The summed E-state index contributed by atoms with van der Waals surface area (Å²) in [6, 6.07) is 15.3. The molecule has 0 saturated heterocycles. The van der Waals surface area contributed by atoms with Gasteiger partial charge in [0.1, 0.15) is 5.69 Å². The van der Waals surface area contributed by atoms with E-state index < -0.39 is 0 Å². The van der Waals surface area contributed by atoms with Crippen LogP contribution in [0.3, 0.4) is 0 Å². The second-order valence-electron chi connectivity index (χ2n) is 4.78. The smallest absolute Gasteiger partial charge is 0.210 e. The lowest BCUT2D eigenvalue weighted by Gasteiger charge is -2.08. The zero-order valence-corrected chi connectivity index (χ0v) is 13.0. The van der Waals surface area contributed by atoms with Crippen molar-refractivity contribution < 1.29 is 9.79 Å². The van der Waals surface area contributed by atoms with Crippen molar-refractivity contribution in [3.8, 4) is 0 Å². The summed E-state index contributed by atoms with van der Waals surface area (Å²) in [6.07, 6.45) is 3.36. The highest BCUT2D eigenvalue weighted by atomic mass is 79.9. The summed E-state index contributed by atoms with van der Waals surface area (Å²) in [5.74, 6) is -0.0744. The van der Waals surface area contributed by atoms with E-state index in [9.17, 15) is 5.11 Å². The molecule has 1 heterocycles. The molecule has 0 unspecified atom stereocenters. The van der Waals surface area contributed by atoms with Gasteiger partial charge in [-0.25, -0.2) is 0 Å². The number of benzene rings is 2. The van der Waals surface area contributed by atoms with Crippen LogP contribution in [0.5, 0.6) is 0 Å². The van der Waals surface area contributed by atoms with Crippen LogP contribution < -0.4 is 9.79 Å². The summed E-state index contributed by atoms with van der Waals surface area (Å²) in [5.41, 5.74) is 1.53. The highest BCUT2D eigenvalue weighted by Gasteiger charge is 2.07. The molecule has 0 spiro atoms. The van der Waals surface area contributed by atoms with Gasteiger partial charge in [0.05, 0.1) is 5.39 Å². The summed E-state index contributed by atoms with van der Waals surface area (Å²) in [5, 5.41) is 18.8. The van der Waals surface area contributed by atoms with Crippen LogP contribution in [0.4, 0.5) is 0 Å². The summed E-state index contributed by atoms with van der Waals surface area (Å²) in [7, 11) is 0. The molecule has 0 atom stereocenters. The highest BCUT2D eigenvalue weighted by Crippen LogP contribution is 2.15. The van der Waals surface area contributed by atoms with Crippen molar-refractivity contribution in [3.63, 3.8) is 0 Å². The molecule has 0 radical (unpaired) electrons. The molecular formula is C17H13BrN2O. The average Bonchev–Trinajstić information content (AvgIpc) is 2.48. The fourth-order valence-electron chi connectivity index (χ4n) is 2.21. The lowest BCUT2D eigenvalue weighted by atomic mass is 10.1. The van der Waals surface area contributed by atoms with E-state index in [1.54, 1.807) is 16.8 Å². The Balaban J connectivity index is 2.04. The molecule has 3 aromatic rings. The van der Waals surface area contributed by atoms with E-state index in [-0.39, 0.29) is 5.76 Å². The highest BCUT2D eigenvalue weighted by molar-refractivity contribution is 9.10. The van der Waals surface area contributed by atoms with Gasteiger partial charge in [0.15, 0.2) is 6.20 Å². The maximum Gasteiger partial charge on any atom is 0.210 e. The molecule has 3 rings (SSSR count). The van der Waals surface area contributed by atoms with Crippen molar-refractivity contribution in [1.82, 2.24) is 5.10 Å². The van der Waals surface area contributed by atoms with Crippen LogP contribution in [0.2, 0.25) is 0 Å². The third-order valence-corrected chi connectivity index (χ3v) is 3.79. The van der Waals surface area contributed by atoms with Gasteiger partial charge in [0.2, 0.25) is 6.20 Å². The maximum atomic E-state index is 12.2. The van der Waals surface area contributed by atoms with E-state index >= 15 is 0 Å². The van der Waals surface area contributed by atoms with E-state index in [1.165, 1.54) is 6.20 Å². The molecule has 0 amide bonds. The largest absolute Gasteiger partial charge is 0.868 e. The molecule has 104 valence electrons. The number of fused-ring (bicyclic) bond motifs is 1. The van der Waals surface area contributed by atoms with Crippen molar-refractivity contribution in [2.75, 3.05) is 0 Å². The molecule has 2 aromatic carbocycles. The van der Waals surface area contributed by atoms with Crippen molar-refractivity contribution in [2.45, 2.75) is 6.92 Å². The van der Waals surface area contributed by atoms with Gasteiger partial charge in [-0.15, -0.1) is 0 Å². The topological polar surface area (TPSA) is 39.8 Å². The molecule has 1 aromatic heterocycles. The number of halogens is 1. The minimum atomic E-state index is -0.0744. The minimum absolute atomic E-state index is 0.0744. The van der Waals surface area contributed by atoms with Crippen molar-refractivity contribution in [1.29, 1.82) is 0 Å². The summed E-state index contributed by atoms with van der Waals surface area (Å²) >= 11 is 3.36. The fraction of sp³-hybridized carbons (Fsp3) is 0.0588. The molecule has 0 aliphatic carbocycles. The van der Waals surface area contributed by atoms with Gasteiger partial charge in [-0.05, 0) is 36.4 Å². The van der Waals surface area contributed by atoms with Gasteiger partial charge in [-0.1, -0.05) is 50.9 Å². The first-order chi connectivity index (χ1) is 10.1. The lowest BCUT2D eigenvalue weighted by Crippen LogP contribution is -2.33. The molecule has 4 heteroatoms. The van der Waals surface area contributed by atoms with E-state index in [0.717, 1.165) is 20.9 Å². The lowest BCUT2D eigenvalue weighted by molar-refractivity contribution is -0.634. The van der Waals surface area contributed by atoms with Crippen LogP contribution in [0.25, 0.3) is 22.7 Å². The number of hydrogen-bond acceptors (Lipinski definition) is 2. The summed E-state index contributed by atoms with van der Waals surface area (Å²) in [4.78, 5) is 0. The summed E-state index contributed by atoms with van der Waals surface area (Å²) < 4.78 is 2.54. The molecule has 0 N–H and O–H groups in total. The number of hydrogen-bond donors (Lipinski definition) is 0. The van der Waals surface area contributed by atoms with Gasteiger partial charge in [0, 0.05) is 15.0 Å². The minimum Gasteiger partial charge on any atom is -0.868 e. The number of aromatic nitrogens is 2. The Hall–Kier alpha value is -2.20. The normalized spacial score (nSPS) is 11.8. The van der Waals surface area contributed by atoms with Crippen molar-refractivity contribution in [2.24, 2.45) is 0 Å². The fourth-order valence-corrected chi connectivity index (χ4v) is 2.48. The molecule has 0 fully saturated rings. The Morgan fingerprint density at radius 2 is 1.86 bits per heavy atom. The Bertz CT molecular complexity index is 826. The first-order valence-corrected chi connectivity index (χ1v) is 7.35. The van der Waals surface area contributed by atoms with Crippen molar-refractivity contribution >= 4 is 38.7 Å². The molecule has 0 aliphatic heterocycles. The SMILES string of the molecule is Cc1n[n+](/C=C(\[O-])c2ccc(Br)cc2)cc2ccccc12. The molecule has 21 heavy (non-hydrogen) atoms.